The molecule has 22 heavy (non-hydrogen) atoms. The number of anilines is 1. The van der Waals surface area contributed by atoms with Gasteiger partial charge in [-0.3, -0.25) is 4.79 Å². The Labute approximate surface area is 133 Å². The van der Waals surface area contributed by atoms with Crippen molar-refractivity contribution < 1.29 is 4.74 Å². The Hall–Kier alpha value is -2.01. The van der Waals surface area contributed by atoms with Crippen LogP contribution in [0.15, 0.2) is 23.0 Å². The van der Waals surface area contributed by atoms with Crippen LogP contribution < -0.4 is 24.4 Å². The van der Waals surface area contributed by atoms with Crippen LogP contribution in [-0.2, 0) is 0 Å². The summed E-state index contributed by atoms with van der Waals surface area (Å²) in [5, 5.41) is 0. The van der Waals surface area contributed by atoms with E-state index in [1.54, 1.807) is 0 Å². The zero-order chi connectivity index (χ0) is 15.5. The van der Waals surface area contributed by atoms with Crippen molar-refractivity contribution in [3.8, 4) is 5.75 Å². The molecule has 0 atom stereocenters. The molecule has 5 heteroatoms. The number of hydrogen-bond donors (Lipinski definition) is 1. The predicted octanol–water partition coefficient (Wildman–Crippen LogP) is 1.67. The van der Waals surface area contributed by atoms with Gasteiger partial charge in [0.05, 0.1) is 21.5 Å². The van der Waals surface area contributed by atoms with E-state index >= 15 is 0 Å². The minimum Gasteiger partial charge on any atom is -0.492 e. The van der Waals surface area contributed by atoms with Gasteiger partial charge in [0.1, 0.15) is 5.75 Å². The largest absolute Gasteiger partial charge is 0.492 e. The molecule has 0 amide bonds. The van der Waals surface area contributed by atoms with Crippen molar-refractivity contribution in [1.82, 2.24) is 4.98 Å². The summed E-state index contributed by atoms with van der Waals surface area (Å²) in [6, 6.07) is 6.02. The lowest BCUT2D eigenvalue weighted by Crippen LogP contribution is -2.22. The lowest BCUT2D eigenvalue weighted by Gasteiger charge is -2.23. The van der Waals surface area contributed by atoms with Crippen molar-refractivity contribution in [3.63, 3.8) is 0 Å². The van der Waals surface area contributed by atoms with E-state index in [1.165, 1.54) is 24.2 Å². The summed E-state index contributed by atoms with van der Waals surface area (Å²) in [4.78, 5) is 17.0. The quantitative estimate of drug-likeness (QED) is 0.933. The maximum atomic E-state index is 11.9. The van der Waals surface area contributed by atoms with E-state index in [4.69, 9.17) is 4.74 Å². The van der Waals surface area contributed by atoms with Crippen molar-refractivity contribution in [2.75, 3.05) is 24.6 Å². The average molecular weight is 316 g/mol. The molecule has 1 fully saturated rings. The molecule has 0 saturated carbocycles. The first kappa shape index (κ1) is 14.9. The summed E-state index contributed by atoms with van der Waals surface area (Å²) in [7, 11) is 0. The summed E-state index contributed by atoms with van der Waals surface area (Å²) in [5.74, 6) is 0.890. The Bertz CT molecular complexity index is 816. The summed E-state index contributed by atoms with van der Waals surface area (Å²) in [6.45, 7) is 8.49. The van der Waals surface area contributed by atoms with E-state index in [1.807, 2.05) is 31.2 Å². The van der Waals surface area contributed by atoms with Crippen LogP contribution in [0.4, 0.5) is 5.69 Å². The third-order valence-electron chi connectivity index (χ3n) is 3.75. The lowest BCUT2D eigenvalue weighted by molar-refractivity contribution is 0.340. The van der Waals surface area contributed by atoms with E-state index in [0.29, 0.717) is 15.8 Å². The van der Waals surface area contributed by atoms with Crippen molar-refractivity contribution in [2.24, 2.45) is 0 Å². The molecule has 0 unspecified atom stereocenters. The number of ether oxygens (including phenoxy) is 1. The predicted molar refractivity (Wildman–Crippen MR) is 92.3 cm³/mol. The molecule has 1 N–H and O–H groups in total. The molecule has 0 radical (unpaired) electrons. The maximum Gasteiger partial charge on any atom is 0.266 e. The van der Waals surface area contributed by atoms with Crippen LogP contribution in [0.1, 0.15) is 25.3 Å². The number of H-pyrrole nitrogens is 1. The third-order valence-corrected chi connectivity index (χ3v) is 4.62. The number of para-hydroxylation sites is 1. The van der Waals surface area contributed by atoms with Crippen molar-refractivity contribution in [1.29, 1.82) is 0 Å². The molecule has 1 aliphatic heterocycles. The highest BCUT2D eigenvalue weighted by molar-refractivity contribution is 7.07. The fraction of sp³-hybridized carbons (Fsp3) is 0.353. The number of nitrogens with one attached hydrogen (secondary N) is 1. The van der Waals surface area contributed by atoms with Crippen LogP contribution in [0.2, 0.25) is 0 Å². The van der Waals surface area contributed by atoms with Gasteiger partial charge in [-0.05, 0) is 31.9 Å². The monoisotopic (exact) mass is 316 g/mol. The normalized spacial score (nSPS) is 15.5. The van der Waals surface area contributed by atoms with Crippen LogP contribution >= 0.6 is 11.3 Å². The molecule has 1 aromatic carbocycles. The smallest absolute Gasteiger partial charge is 0.266 e. The average Bonchev–Trinajstić information content (AvgIpc) is 3.10. The Kier molecular flexibility index (Phi) is 4.34. The van der Waals surface area contributed by atoms with Crippen molar-refractivity contribution >= 4 is 29.7 Å². The lowest BCUT2D eigenvalue weighted by atomic mass is 10.1. The second kappa shape index (κ2) is 6.40. The Morgan fingerprint density at radius 3 is 2.82 bits per heavy atom. The first-order chi connectivity index (χ1) is 10.7. The molecular formula is C17H20N2O2S. The number of thiazole rings is 1. The van der Waals surface area contributed by atoms with Gasteiger partial charge in [-0.1, -0.05) is 18.7 Å². The number of nitrogens with zero attached hydrogens (tertiary/aromatic N) is 1. The molecule has 1 saturated heterocycles. The molecule has 3 rings (SSSR count). The molecule has 2 aromatic rings. The number of hydrogen-bond acceptors (Lipinski definition) is 4. The van der Waals surface area contributed by atoms with E-state index < -0.39 is 0 Å². The fourth-order valence-electron chi connectivity index (χ4n) is 2.84. The van der Waals surface area contributed by atoms with Gasteiger partial charge in [0.25, 0.3) is 5.56 Å². The van der Waals surface area contributed by atoms with Gasteiger partial charge < -0.3 is 14.6 Å². The minimum atomic E-state index is -0.0795. The van der Waals surface area contributed by atoms with Gasteiger partial charge in [0, 0.05) is 18.7 Å². The molecule has 0 spiro atoms. The second-order valence-corrected chi connectivity index (χ2v) is 6.45. The summed E-state index contributed by atoms with van der Waals surface area (Å²) < 4.78 is 7.17. The zero-order valence-electron chi connectivity index (χ0n) is 12.7. The number of aromatic nitrogens is 1. The molecule has 116 valence electrons. The molecule has 0 bridgehead atoms. The van der Waals surface area contributed by atoms with E-state index in [9.17, 15) is 4.79 Å². The van der Waals surface area contributed by atoms with Gasteiger partial charge in [-0.25, -0.2) is 0 Å². The highest BCUT2D eigenvalue weighted by Gasteiger charge is 2.19. The van der Waals surface area contributed by atoms with Gasteiger partial charge in [0.2, 0.25) is 0 Å². The Morgan fingerprint density at radius 1 is 1.41 bits per heavy atom. The van der Waals surface area contributed by atoms with Gasteiger partial charge in [0.15, 0.2) is 0 Å². The number of aromatic amines is 1. The Balaban J connectivity index is 2.16. The maximum absolute atomic E-state index is 11.9. The highest BCUT2D eigenvalue weighted by atomic mass is 32.1. The molecule has 4 nitrogen and oxygen atoms in total. The topological polar surface area (TPSA) is 45.3 Å². The SMILES string of the molecule is C=c1[nH]c(=O)/c(=C/c2cccc(OCC)c2N2CCCC2)s1. The fourth-order valence-corrected chi connectivity index (χ4v) is 3.57. The third kappa shape index (κ3) is 2.95. The molecule has 2 heterocycles. The van der Waals surface area contributed by atoms with Crippen LogP contribution in [0.5, 0.6) is 5.75 Å². The minimum absolute atomic E-state index is 0.0795. The van der Waals surface area contributed by atoms with E-state index in [2.05, 4.69) is 16.5 Å². The number of benzene rings is 1. The highest BCUT2D eigenvalue weighted by Crippen LogP contribution is 2.35. The van der Waals surface area contributed by atoms with Gasteiger partial charge in [-0.15, -0.1) is 11.3 Å². The molecule has 1 aliphatic rings. The first-order valence-corrected chi connectivity index (χ1v) is 8.41. The first-order valence-electron chi connectivity index (χ1n) is 7.59. The Morgan fingerprint density at radius 2 is 2.18 bits per heavy atom. The number of rotatable bonds is 4. The summed E-state index contributed by atoms with van der Waals surface area (Å²) >= 11 is 1.39. The second-order valence-electron chi connectivity index (χ2n) is 5.31. The standard InChI is InChI=1S/C17H20N2O2S/c1-3-21-14-8-6-7-13(16(14)19-9-4-5-10-19)11-15-17(20)18-12(2)22-15/h6-8,11H,2-5,9-10H2,1H3,(H,18,20)/b15-11-. The zero-order valence-corrected chi connectivity index (χ0v) is 13.5. The van der Waals surface area contributed by atoms with Crippen LogP contribution in [0, 0.1) is 0 Å². The molecule has 1 aromatic heterocycles. The van der Waals surface area contributed by atoms with E-state index in [0.717, 1.165) is 30.1 Å². The molecule has 0 aliphatic carbocycles. The van der Waals surface area contributed by atoms with Gasteiger partial charge >= 0.3 is 0 Å². The van der Waals surface area contributed by atoms with Crippen LogP contribution in [0.3, 0.4) is 0 Å². The van der Waals surface area contributed by atoms with Crippen LogP contribution in [0.25, 0.3) is 12.7 Å². The van der Waals surface area contributed by atoms with Gasteiger partial charge in [-0.2, -0.15) is 0 Å². The van der Waals surface area contributed by atoms with Crippen LogP contribution in [-0.4, -0.2) is 24.7 Å². The summed E-state index contributed by atoms with van der Waals surface area (Å²) in [6.07, 6.45) is 4.33. The van der Waals surface area contributed by atoms with E-state index in [-0.39, 0.29) is 5.56 Å². The summed E-state index contributed by atoms with van der Waals surface area (Å²) in [5.41, 5.74) is 2.05. The van der Waals surface area contributed by atoms with Crippen molar-refractivity contribution in [2.45, 2.75) is 19.8 Å². The molecular weight excluding hydrogens is 296 g/mol. The van der Waals surface area contributed by atoms with Crippen molar-refractivity contribution in [3.05, 3.63) is 43.3 Å².